The van der Waals surface area contributed by atoms with Crippen molar-refractivity contribution in [3.8, 4) is 0 Å². The quantitative estimate of drug-likeness (QED) is 0.775. The Morgan fingerprint density at radius 2 is 2.10 bits per heavy atom. The number of piperidine rings is 1. The molecule has 5 heteroatoms. The Labute approximate surface area is 131 Å². The zero-order valence-corrected chi connectivity index (χ0v) is 13.9. The van der Waals surface area contributed by atoms with E-state index in [2.05, 4.69) is 41.4 Å². The zero-order chi connectivity index (χ0) is 14.9. The van der Waals surface area contributed by atoms with Crippen molar-refractivity contribution in [2.75, 3.05) is 46.8 Å². The molecule has 0 saturated carbocycles. The van der Waals surface area contributed by atoms with Crippen LogP contribution in [0.4, 0.5) is 0 Å². The number of carbonyl (C=O) groups excluding carboxylic acids is 1. The van der Waals surface area contributed by atoms with Crippen LogP contribution >= 0.6 is 11.3 Å². The minimum Gasteiger partial charge on any atom is -0.340 e. The van der Waals surface area contributed by atoms with Gasteiger partial charge in [0.15, 0.2) is 0 Å². The SMILES string of the molecule is CN(C)CCN1CC2(CCN(Cc3cccs3)CC2)C1=O. The topological polar surface area (TPSA) is 26.8 Å². The first-order valence-corrected chi connectivity index (χ1v) is 8.66. The first-order valence-electron chi connectivity index (χ1n) is 7.78. The second-order valence-corrected chi connectivity index (χ2v) is 7.70. The number of nitrogens with zero attached hydrogens (tertiary/aromatic N) is 3. The molecule has 0 unspecified atom stereocenters. The molecule has 116 valence electrons. The van der Waals surface area contributed by atoms with E-state index in [1.165, 1.54) is 4.88 Å². The van der Waals surface area contributed by atoms with Crippen molar-refractivity contribution < 1.29 is 4.79 Å². The van der Waals surface area contributed by atoms with Gasteiger partial charge in [-0.25, -0.2) is 0 Å². The minimum atomic E-state index is -0.0156. The van der Waals surface area contributed by atoms with Crippen LogP contribution in [0, 0.1) is 5.41 Å². The normalized spacial score (nSPS) is 22.0. The van der Waals surface area contributed by atoms with Crippen LogP contribution in [0.25, 0.3) is 0 Å². The van der Waals surface area contributed by atoms with Crippen molar-refractivity contribution >= 4 is 17.2 Å². The molecule has 4 nitrogen and oxygen atoms in total. The highest BCUT2D eigenvalue weighted by Crippen LogP contribution is 2.41. The Hall–Kier alpha value is -0.910. The molecule has 2 fully saturated rings. The summed E-state index contributed by atoms with van der Waals surface area (Å²) in [4.78, 5) is 20.6. The second-order valence-electron chi connectivity index (χ2n) is 6.67. The summed E-state index contributed by atoms with van der Waals surface area (Å²) >= 11 is 1.82. The van der Waals surface area contributed by atoms with Gasteiger partial charge in [0, 0.05) is 31.1 Å². The Bertz CT molecular complexity index is 478. The van der Waals surface area contributed by atoms with E-state index >= 15 is 0 Å². The van der Waals surface area contributed by atoms with Crippen LogP contribution in [0.3, 0.4) is 0 Å². The van der Waals surface area contributed by atoms with E-state index in [0.29, 0.717) is 5.91 Å². The molecular weight excluding hydrogens is 282 g/mol. The Morgan fingerprint density at radius 1 is 1.33 bits per heavy atom. The predicted molar refractivity (Wildman–Crippen MR) is 86.4 cm³/mol. The molecule has 2 saturated heterocycles. The number of carbonyl (C=O) groups is 1. The maximum absolute atomic E-state index is 12.5. The first kappa shape index (κ1) is 15.0. The standard InChI is InChI=1S/C16H25N3OS/c1-17(2)9-10-19-13-16(15(19)20)5-7-18(8-6-16)12-14-4-3-11-21-14/h3-4,11H,5-10,12-13H2,1-2H3. The van der Waals surface area contributed by atoms with Crippen molar-refractivity contribution in [2.45, 2.75) is 19.4 Å². The Morgan fingerprint density at radius 3 is 2.67 bits per heavy atom. The fourth-order valence-corrected chi connectivity index (χ4v) is 4.13. The lowest BCUT2D eigenvalue weighted by Gasteiger charge is -2.52. The van der Waals surface area contributed by atoms with Crippen LogP contribution < -0.4 is 0 Å². The number of amides is 1. The molecule has 3 heterocycles. The fourth-order valence-electron chi connectivity index (χ4n) is 3.38. The van der Waals surface area contributed by atoms with Crippen LogP contribution in [-0.2, 0) is 11.3 Å². The van der Waals surface area contributed by atoms with Gasteiger partial charge < -0.3 is 9.80 Å². The van der Waals surface area contributed by atoms with E-state index < -0.39 is 0 Å². The molecule has 1 aromatic rings. The molecule has 1 aromatic heterocycles. The van der Waals surface area contributed by atoms with E-state index in [0.717, 1.165) is 52.1 Å². The number of likely N-dealkylation sites (tertiary alicyclic amines) is 2. The summed E-state index contributed by atoms with van der Waals surface area (Å²) in [6.45, 7) is 5.99. The molecule has 0 atom stereocenters. The highest BCUT2D eigenvalue weighted by Gasteiger charge is 2.52. The van der Waals surface area contributed by atoms with Crippen LogP contribution in [0.2, 0.25) is 0 Å². The van der Waals surface area contributed by atoms with Crippen molar-refractivity contribution in [1.82, 2.24) is 14.7 Å². The lowest BCUT2D eigenvalue weighted by Crippen LogP contribution is -2.65. The van der Waals surface area contributed by atoms with Gasteiger partial charge in [-0.15, -0.1) is 11.3 Å². The van der Waals surface area contributed by atoms with E-state index in [-0.39, 0.29) is 5.41 Å². The number of hydrogen-bond acceptors (Lipinski definition) is 4. The lowest BCUT2D eigenvalue weighted by atomic mass is 9.71. The van der Waals surface area contributed by atoms with E-state index in [4.69, 9.17) is 0 Å². The molecule has 21 heavy (non-hydrogen) atoms. The minimum absolute atomic E-state index is 0.0156. The number of β-lactam (4-membered cyclic amide) rings is 1. The highest BCUT2D eigenvalue weighted by atomic mass is 32.1. The monoisotopic (exact) mass is 307 g/mol. The van der Waals surface area contributed by atoms with Crippen molar-refractivity contribution in [3.63, 3.8) is 0 Å². The molecule has 0 aliphatic carbocycles. The average Bonchev–Trinajstić information content (AvgIpc) is 2.97. The Balaban J connectivity index is 1.47. The smallest absolute Gasteiger partial charge is 0.230 e. The second kappa shape index (κ2) is 6.07. The largest absolute Gasteiger partial charge is 0.340 e. The number of thiophene rings is 1. The molecule has 2 aliphatic heterocycles. The van der Waals surface area contributed by atoms with Gasteiger partial charge in [0.05, 0.1) is 5.41 Å². The third kappa shape index (κ3) is 3.15. The van der Waals surface area contributed by atoms with Crippen molar-refractivity contribution in [2.24, 2.45) is 5.41 Å². The summed E-state index contributed by atoms with van der Waals surface area (Å²) in [6, 6.07) is 4.32. The molecule has 0 radical (unpaired) electrons. The first-order chi connectivity index (χ1) is 10.1. The molecule has 0 aromatic carbocycles. The van der Waals surface area contributed by atoms with E-state index in [9.17, 15) is 4.79 Å². The van der Waals surface area contributed by atoms with Gasteiger partial charge in [-0.3, -0.25) is 9.69 Å². The molecule has 1 amide bonds. The van der Waals surface area contributed by atoms with Crippen LogP contribution in [0.1, 0.15) is 17.7 Å². The summed E-state index contributed by atoms with van der Waals surface area (Å²) in [5, 5.41) is 2.14. The summed E-state index contributed by atoms with van der Waals surface area (Å²) in [7, 11) is 4.12. The molecular formula is C16H25N3OS. The molecule has 0 bridgehead atoms. The lowest BCUT2D eigenvalue weighted by molar-refractivity contribution is -0.165. The molecule has 3 rings (SSSR count). The fraction of sp³-hybridized carbons (Fsp3) is 0.688. The molecule has 2 aliphatic rings. The molecule has 0 N–H and O–H groups in total. The van der Waals surface area contributed by atoms with Crippen LogP contribution in [0.5, 0.6) is 0 Å². The van der Waals surface area contributed by atoms with E-state index in [1.807, 2.05) is 16.2 Å². The summed E-state index contributed by atoms with van der Waals surface area (Å²) in [6.07, 6.45) is 2.07. The average molecular weight is 307 g/mol. The third-order valence-corrected chi connectivity index (χ3v) is 5.69. The summed E-state index contributed by atoms with van der Waals surface area (Å²) in [5.74, 6) is 0.403. The van der Waals surface area contributed by atoms with Gasteiger partial charge in [-0.1, -0.05) is 6.07 Å². The number of hydrogen-bond donors (Lipinski definition) is 0. The summed E-state index contributed by atoms with van der Waals surface area (Å²) < 4.78 is 0. The maximum Gasteiger partial charge on any atom is 0.230 e. The van der Waals surface area contributed by atoms with Gasteiger partial charge in [0.2, 0.25) is 5.91 Å². The van der Waals surface area contributed by atoms with Crippen LogP contribution in [0.15, 0.2) is 17.5 Å². The zero-order valence-electron chi connectivity index (χ0n) is 13.0. The van der Waals surface area contributed by atoms with Gasteiger partial charge in [-0.05, 0) is 51.5 Å². The third-order valence-electron chi connectivity index (χ3n) is 4.82. The molecule has 1 spiro atoms. The predicted octanol–water partition coefficient (Wildman–Crippen LogP) is 1.73. The number of likely N-dealkylation sites (N-methyl/N-ethyl adjacent to an activating group) is 1. The maximum atomic E-state index is 12.5. The van der Waals surface area contributed by atoms with Gasteiger partial charge in [-0.2, -0.15) is 0 Å². The summed E-state index contributed by atoms with van der Waals surface area (Å²) in [5.41, 5.74) is -0.0156. The Kier molecular flexibility index (Phi) is 4.33. The van der Waals surface area contributed by atoms with Gasteiger partial charge in [0.25, 0.3) is 0 Å². The highest BCUT2D eigenvalue weighted by molar-refractivity contribution is 7.09. The van der Waals surface area contributed by atoms with Crippen molar-refractivity contribution in [3.05, 3.63) is 22.4 Å². The van der Waals surface area contributed by atoms with Gasteiger partial charge in [0.1, 0.15) is 0 Å². The van der Waals surface area contributed by atoms with Crippen molar-refractivity contribution in [1.29, 1.82) is 0 Å². The van der Waals surface area contributed by atoms with Crippen LogP contribution in [-0.4, -0.2) is 67.4 Å². The van der Waals surface area contributed by atoms with E-state index in [1.54, 1.807) is 0 Å². The number of rotatable bonds is 5. The van der Waals surface area contributed by atoms with Gasteiger partial charge >= 0.3 is 0 Å².